The fraction of sp³-hybridized carbons (Fsp3) is 0.647. The molecule has 0 amide bonds. The van der Waals surface area contributed by atoms with E-state index >= 15 is 0 Å². The van der Waals surface area contributed by atoms with Crippen molar-refractivity contribution in [1.82, 2.24) is 9.80 Å². The van der Waals surface area contributed by atoms with E-state index in [2.05, 4.69) is 54.1 Å². The number of nitrogens with two attached hydrogens (primary N) is 1. The predicted molar refractivity (Wildman–Crippen MR) is 86.0 cm³/mol. The van der Waals surface area contributed by atoms with Crippen LogP contribution in [0.25, 0.3) is 0 Å². The number of likely N-dealkylation sites (tertiary alicyclic amines) is 1. The van der Waals surface area contributed by atoms with Gasteiger partial charge in [0, 0.05) is 31.6 Å². The van der Waals surface area contributed by atoms with Gasteiger partial charge in [-0.05, 0) is 38.5 Å². The molecule has 20 heavy (non-hydrogen) atoms. The molecule has 1 aromatic carbocycles. The van der Waals surface area contributed by atoms with E-state index in [0.29, 0.717) is 6.54 Å². The van der Waals surface area contributed by atoms with Gasteiger partial charge in [0.05, 0.1) is 0 Å². The van der Waals surface area contributed by atoms with Crippen molar-refractivity contribution in [3.05, 3.63) is 35.9 Å². The van der Waals surface area contributed by atoms with Gasteiger partial charge in [-0.3, -0.25) is 0 Å². The third-order valence-corrected chi connectivity index (χ3v) is 4.54. The van der Waals surface area contributed by atoms with Gasteiger partial charge >= 0.3 is 0 Å². The van der Waals surface area contributed by atoms with Crippen LogP contribution in [0.5, 0.6) is 0 Å². The zero-order valence-electron chi connectivity index (χ0n) is 13.0. The molecule has 0 aliphatic carbocycles. The normalized spacial score (nSPS) is 19.4. The van der Waals surface area contributed by atoms with E-state index in [9.17, 15) is 0 Å². The lowest BCUT2D eigenvalue weighted by molar-refractivity contribution is 0.221. The molecule has 1 saturated heterocycles. The molecule has 0 spiro atoms. The monoisotopic (exact) mass is 275 g/mol. The fourth-order valence-electron chi connectivity index (χ4n) is 3.11. The molecule has 2 rings (SSSR count). The Balaban J connectivity index is 1.88. The Morgan fingerprint density at radius 1 is 1.20 bits per heavy atom. The molecule has 1 aromatic rings. The maximum absolute atomic E-state index is 6.07. The van der Waals surface area contributed by atoms with Gasteiger partial charge in [0.15, 0.2) is 0 Å². The summed E-state index contributed by atoms with van der Waals surface area (Å²) in [5, 5.41) is 0. The molecule has 3 nitrogen and oxygen atoms in total. The van der Waals surface area contributed by atoms with Crippen LogP contribution in [0.2, 0.25) is 0 Å². The maximum Gasteiger partial charge on any atom is 0.0174 e. The summed E-state index contributed by atoms with van der Waals surface area (Å²) in [5.74, 6) is 0. The van der Waals surface area contributed by atoms with Gasteiger partial charge in [0.2, 0.25) is 0 Å². The number of likely N-dealkylation sites (N-methyl/N-ethyl adjacent to an activating group) is 1. The van der Waals surface area contributed by atoms with Crippen molar-refractivity contribution in [2.45, 2.75) is 25.2 Å². The van der Waals surface area contributed by atoms with E-state index in [0.717, 1.165) is 13.1 Å². The zero-order valence-corrected chi connectivity index (χ0v) is 13.0. The summed E-state index contributed by atoms with van der Waals surface area (Å²) in [7, 11) is 2.22. The SMILES string of the molecule is CN(CCN1CCCC1)CC(C)(CN)c1ccccc1. The van der Waals surface area contributed by atoms with Crippen LogP contribution < -0.4 is 5.73 Å². The molecule has 0 saturated carbocycles. The average Bonchev–Trinajstić information content (AvgIpc) is 2.99. The van der Waals surface area contributed by atoms with Crippen LogP contribution in [-0.2, 0) is 5.41 Å². The van der Waals surface area contributed by atoms with Gasteiger partial charge in [0.1, 0.15) is 0 Å². The molecular weight excluding hydrogens is 246 g/mol. The molecule has 1 aliphatic heterocycles. The Bertz CT molecular complexity index is 386. The number of benzene rings is 1. The van der Waals surface area contributed by atoms with Crippen LogP contribution in [0.15, 0.2) is 30.3 Å². The first-order valence-electron chi connectivity index (χ1n) is 7.80. The minimum Gasteiger partial charge on any atom is -0.330 e. The highest BCUT2D eigenvalue weighted by molar-refractivity contribution is 5.25. The number of nitrogens with zero attached hydrogens (tertiary/aromatic N) is 2. The number of rotatable bonds is 7. The Morgan fingerprint density at radius 3 is 2.45 bits per heavy atom. The van der Waals surface area contributed by atoms with E-state index < -0.39 is 0 Å². The molecule has 112 valence electrons. The molecule has 1 atom stereocenters. The zero-order chi connectivity index (χ0) is 14.4. The quantitative estimate of drug-likeness (QED) is 0.825. The van der Waals surface area contributed by atoms with Crippen LogP contribution in [0.4, 0.5) is 0 Å². The summed E-state index contributed by atoms with van der Waals surface area (Å²) in [6.07, 6.45) is 2.74. The Hall–Kier alpha value is -0.900. The highest BCUT2D eigenvalue weighted by Gasteiger charge is 2.26. The highest BCUT2D eigenvalue weighted by Crippen LogP contribution is 2.23. The topological polar surface area (TPSA) is 32.5 Å². The summed E-state index contributed by atoms with van der Waals surface area (Å²) in [4.78, 5) is 5.00. The minimum atomic E-state index is 0.0427. The molecule has 0 aromatic heterocycles. The smallest absolute Gasteiger partial charge is 0.0174 e. The highest BCUT2D eigenvalue weighted by atomic mass is 15.2. The van der Waals surface area contributed by atoms with Gasteiger partial charge in [-0.25, -0.2) is 0 Å². The molecule has 1 aliphatic rings. The molecule has 0 radical (unpaired) electrons. The number of hydrogen-bond donors (Lipinski definition) is 1. The van der Waals surface area contributed by atoms with Crippen LogP contribution in [0, 0.1) is 0 Å². The van der Waals surface area contributed by atoms with Crippen molar-refractivity contribution in [1.29, 1.82) is 0 Å². The second kappa shape index (κ2) is 7.21. The van der Waals surface area contributed by atoms with Gasteiger partial charge in [-0.1, -0.05) is 37.3 Å². The Kier molecular flexibility index (Phi) is 5.58. The Morgan fingerprint density at radius 2 is 1.85 bits per heavy atom. The first kappa shape index (κ1) is 15.5. The van der Waals surface area contributed by atoms with Gasteiger partial charge < -0.3 is 15.5 Å². The third kappa shape index (κ3) is 4.05. The van der Waals surface area contributed by atoms with Crippen LogP contribution in [0.3, 0.4) is 0 Å². The van der Waals surface area contributed by atoms with Crippen LogP contribution in [0.1, 0.15) is 25.3 Å². The molecule has 1 unspecified atom stereocenters. The van der Waals surface area contributed by atoms with Crippen molar-refractivity contribution < 1.29 is 0 Å². The van der Waals surface area contributed by atoms with E-state index in [4.69, 9.17) is 5.73 Å². The summed E-state index contributed by atoms with van der Waals surface area (Å²) in [6, 6.07) is 10.7. The lowest BCUT2D eigenvalue weighted by atomic mass is 9.82. The number of hydrogen-bond acceptors (Lipinski definition) is 3. The van der Waals surface area contributed by atoms with E-state index in [-0.39, 0.29) is 5.41 Å². The summed E-state index contributed by atoms with van der Waals surface area (Å²) >= 11 is 0. The molecule has 2 N–H and O–H groups in total. The lowest BCUT2D eigenvalue weighted by Crippen LogP contribution is -2.44. The fourth-order valence-corrected chi connectivity index (χ4v) is 3.11. The van der Waals surface area contributed by atoms with Crippen molar-refractivity contribution in [3.63, 3.8) is 0 Å². The predicted octanol–water partition coefficient (Wildman–Crippen LogP) is 1.93. The van der Waals surface area contributed by atoms with E-state index in [1.54, 1.807) is 0 Å². The van der Waals surface area contributed by atoms with Crippen molar-refractivity contribution in [3.8, 4) is 0 Å². The van der Waals surface area contributed by atoms with Crippen molar-refractivity contribution in [2.75, 3.05) is 46.3 Å². The molecule has 1 heterocycles. The minimum absolute atomic E-state index is 0.0427. The Labute approximate surface area is 123 Å². The summed E-state index contributed by atoms with van der Waals surface area (Å²) in [6.45, 7) is 8.84. The lowest BCUT2D eigenvalue weighted by Gasteiger charge is -2.34. The molecule has 3 heteroatoms. The standard InChI is InChI=1S/C17H29N3/c1-17(14-18,16-8-4-3-5-9-16)15-19(2)12-13-20-10-6-7-11-20/h3-5,8-9H,6-7,10-15,18H2,1-2H3. The first-order valence-corrected chi connectivity index (χ1v) is 7.80. The first-order chi connectivity index (χ1) is 9.64. The summed E-state index contributed by atoms with van der Waals surface area (Å²) < 4.78 is 0. The van der Waals surface area contributed by atoms with Gasteiger partial charge in [-0.15, -0.1) is 0 Å². The molecule has 1 fully saturated rings. The van der Waals surface area contributed by atoms with Crippen LogP contribution >= 0.6 is 0 Å². The second-order valence-corrected chi connectivity index (χ2v) is 6.42. The summed E-state index contributed by atoms with van der Waals surface area (Å²) in [5.41, 5.74) is 7.45. The third-order valence-electron chi connectivity index (χ3n) is 4.54. The van der Waals surface area contributed by atoms with E-state index in [1.165, 1.54) is 38.0 Å². The van der Waals surface area contributed by atoms with Gasteiger partial charge in [0.25, 0.3) is 0 Å². The van der Waals surface area contributed by atoms with Gasteiger partial charge in [-0.2, -0.15) is 0 Å². The molecule has 0 bridgehead atoms. The van der Waals surface area contributed by atoms with E-state index in [1.807, 2.05) is 0 Å². The largest absolute Gasteiger partial charge is 0.330 e. The second-order valence-electron chi connectivity index (χ2n) is 6.42. The van der Waals surface area contributed by atoms with Crippen LogP contribution in [-0.4, -0.2) is 56.1 Å². The average molecular weight is 275 g/mol. The van der Waals surface area contributed by atoms with Crippen molar-refractivity contribution in [2.24, 2.45) is 5.73 Å². The molecular formula is C17H29N3. The van der Waals surface area contributed by atoms with Crippen molar-refractivity contribution >= 4 is 0 Å². The maximum atomic E-state index is 6.07.